The molecule has 0 spiro atoms. The van der Waals surface area contributed by atoms with Gasteiger partial charge in [-0.05, 0) is 43.5 Å². The standard InChI is InChI=1S/C15H21N3O3S/c1-11(19)18-8-6-12-4-5-14(9-15(12)18)22(20,21)17-13-3-2-7-16-10-13/h4-5,9,13,16-17H,2-3,6-8,10H2,1H3. The lowest BCUT2D eigenvalue weighted by Crippen LogP contribution is -2.45. The number of hydrogen-bond acceptors (Lipinski definition) is 4. The number of rotatable bonds is 3. The third-order valence-corrected chi connectivity index (χ3v) is 5.78. The Labute approximate surface area is 130 Å². The monoisotopic (exact) mass is 323 g/mol. The lowest BCUT2D eigenvalue weighted by molar-refractivity contribution is -0.116. The van der Waals surface area contributed by atoms with E-state index in [2.05, 4.69) is 10.0 Å². The summed E-state index contributed by atoms with van der Waals surface area (Å²) in [6.45, 7) is 3.71. The fraction of sp³-hybridized carbons (Fsp3) is 0.533. The van der Waals surface area contributed by atoms with E-state index in [0.29, 0.717) is 13.1 Å². The Morgan fingerprint density at radius 1 is 1.41 bits per heavy atom. The molecule has 0 aromatic heterocycles. The summed E-state index contributed by atoms with van der Waals surface area (Å²) in [5, 5.41) is 3.19. The molecule has 22 heavy (non-hydrogen) atoms. The summed E-state index contributed by atoms with van der Waals surface area (Å²) < 4.78 is 27.8. The van der Waals surface area contributed by atoms with Gasteiger partial charge in [-0.25, -0.2) is 13.1 Å². The van der Waals surface area contributed by atoms with Crippen molar-refractivity contribution in [3.8, 4) is 0 Å². The molecule has 7 heteroatoms. The zero-order chi connectivity index (χ0) is 15.7. The molecule has 0 radical (unpaired) electrons. The van der Waals surface area contributed by atoms with Crippen molar-refractivity contribution in [3.05, 3.63) is 23.8 Å². The summed E-state index contributed by atoms with van der Waals surface area (Å²) in [7, 11) is -3.56. The summed E-state index contributed by atoms with van der Waals surface area (Å²) in [4.78, 5) is 13.5. The molecule has 1 unspecified atom stereocenters. The highest BCUT2D eigenvalue weighted by Gasteiger charge is 2.26. The molecule has 1 fully saturated rings. The summed E-state index contributed by atoms with van der Waals surface area (Å²) in [5.74, 6) is -0.0577. The van der Waals surface area contributed by atoms with Crippen molar-refractivity contribution in [2.75, 3.05) is 24.5 Å². The van der Waals surface area contributed by atoms with Gasteiger partial charge in [-0.3, -0.25) is 4.79 Å². The van der Waals surface area contributed by atoms with Crippen molar-refractivity contribution < 1.29 is 13.2 Å². The van der Waals surface area contributed by atoms with Crippen molar-refractivity contribution in [1.82, 2.24) is 10.0 Å². The maximum absolute atomic E-state index is 12.5. The van der Waals surface area contributed by atoms with E-state index in [9.17, 15) is 13.2 Å². The van der Waals surface area contributed by atoms with Crippen molar-refractivity contribution in [2.45, 2.75) is 37.1 Å². The quantitative estimate of drug-likeness (QED) is 0.855. The fourth-order valence-corrected chi connectivity index (χ4v) is 4.38. The highest BCUT2D eigenvalue weighted by atomic mass is 32.2. The number of nitrogens with one attached hydrogen (secondary N) is 2. The number of sulfonamides is 1. The van der Waals surface area contributed by atoms with Crippen molar-refractivity contribution in [2.24, 2.45) is 0 Å². The van der Waals surface area contributed by atoms with Crippen LogP contribution in [0.5, 0.6) is 0 Å². The lowest BCUT2D eigenvalue weighted by Gasteiger charge is -2.24. The Balaban J connectivity index is 1.85. The van der Waals surface area contributed by atoms with E-state index < -0.39 is 10.0 Å². The third kappa shape index (κ3) is 3.02. The minimum atomic E-state index is -3.56. The number of carbonyl (C=O) groups excluding carboxylic acids is 1. The first-order chi connectivity index (χ1) is 10.5. The first-order valence-corrected chi connectivity index (χ1v) is 9.10. The smallest absolute Gasteiger partial charge is 0.240 e. The predicted octanol–water partition coefficient (Wildman–Crippen LogP) is 0.626. The minimum Gasteiger partial charge on any atom is -0.315 e. The second-order valence-electron chi connectivity index (χ2n) is 5.88. The molecule has 120 valence electrons. The molecule has 3 rings (SSSR count). The Morgan fingerprint density at radius 3 is 2.91 bits per heavy atom. The average Bonchev–Trinajstić information content (AvgIpc) is 2.91. The van der Waals surface area contributed by atoms with Gasteiger partial charge in [-0.2, -0.15) is 0 Å². The molecule has 1 atom stereocenters. The molecule has 0 bridgehead atoms. The van der Waals surface area contributed by atoms with E-state index in [1.807, 2.05) is 6.07 Å². The van der Waals surface area contributed by atoms with E-state index in [1.165, 1.54) is 6.92 Å². The van der Waals surface area contributed by atoms with Crippen molar-refractivity contribution in [3.63, 3.8) is 0 Å². The van der Waals surface area contributed by atoms with E-state index >= 15 is 0 Å². The molecule has 0 aliphatic carbocycles. The first-order valence-electron chi connectivity index (χ1n) is 7.61. The van der Waals surface area contributed by atoms with Crippen LogP contribution >= 0.6 is 0 Å². The zero-order valence-electron chi connectivity index (χ0n) is 12.6. The minimum absolute atomic E-state index is 0.0577. The molecule has 1 aromatic rings. The van der Waals surface area contributed by atoms with Gasteiger partial charge < -0.3 is 10.2 Å². The Bertz CT molecular complexity index is 681. The van der Waals surface area contributed by atoms with Crippen LogP contribution in [-0.4, -0.2) is 40.0 Å². The number of piperidine rings is 1. The predicted molar refractivity (Wildman–Crippen MR) is 84.4 cm³/mol. The maximum Gasteiger partial charge on any atom is 0.240 e. The molecule has 2 aliphatic heterocycles. The number of nitrogens with zero attached hydrogens (tertiary/aromatic N) is 1. The largest absolute Gasteiger partial charge is 0.315 e. The van der Waals surface area contributed by atoms with Gasteiger partial charge in [-0.1, -0.05) is 6.07 Å². The summed E-state index contributed by atoms with van der Waals surface area (Å²) >= 11 is 0. The highest BCUT2D eigenvalue weighted by Crippen LogP contribution is 2.30. The molecule has 1 saturated heterocycles. The number of hydrogen-bond donors (Lipinski definition) is 2. The normalized spacial score (nSPS) is 21.7. The Morgan fingerprint density at radius 2 is 2.23 bits per heavy atom. The number of benzene rings is 1. The topological polar surface area (TPSA) is 78.5 Å². The van der Waals surface area contributed by atoms with Crippen molar-refractivity contribution >= 4 is 21.6 Å². The summed E-state index contributed by atoms with van der Waals surface area (Å²) in [6.07, 6.45) is 2.58. The SMILES string of the molecule is CC(=O)N1CCc2ccc(S(=O)(=O)NC3CCCNC3)cc21. The molecule has 2 aliphatic rings. The van der Waals surface area contributed by atoms with Gasteiger partial charge in [0.15, 0.2) is 0 Å². The fourth-order valence-electron chi connectivity index (χ4n) is 3.09. The van der Waals surface area contributed by atoms with E-state index in [0.717, 1.165) is 37.1 Å². The van der Waals surface area contributed by atoms with E-state index in [1.54, 1.807) is 17.0 Å². The molecular weight excluding hydrogens is 302 g/mol. The van der Waals surface area contributed by atoms with Crippen molar-refractivity contribution in [1.29, 1.82) is 0 Å². The van der Waals surface area contributed by atoms with Crippen LogP contribution in [0.25, 0.3) is 0 Å². The number of carbonyl (C=O) groups is 1. The van der Waals surface area contributed by atoms with Gasteiger partial charge in [0.2, 0.25) is 15.9 Å². The molecule has 6 nitrogen and oxygen atoms in total. The van der Waals surface area contributed by atoms with Gasteiger partial charge in [0.25, 0.3) is 0 Å². The van der Waals surface area contributed by atoms with Crippen LogP contribution in [0.1, 0.15) is 25.3 Å². The molecule has 2 heterocycles. The van der Waals surface area contributed by atoms with E-state index in [4.69, 9.17) is 0 Å². The molecule has 0 saturated carbocycles. The molecule has 1 amide bonds. The summed E-state index contributed by atoms with van der Waals surface area (Å²) in [6, 6.07) is 4.98. The van der Waals surface area contributed by atoms with Gasteiger partial charge in [0.05, 0.1) is 4.90 Å². The van der Waals surface area contributed by atoms with Gasteiger partial charge in [0, 0.05) is 31.7 Å². The third-order valence-electron chi connectivity index (χ3n) is 4.26. The average molecular weight is 323 g/mol. The number of amides is 1. The van der Waals surface area contributed by atoms with Crippen LogP contribution in [-0.2, 0) is 21.2 Å². The van der Waals surface area contributed by atoms with Crippen LogP contribution in [0.15, 0.2) is 23.1 Å². The highest BCUT2D eigenvalue weighted by molar-refractivity contribution is 7.89. The zero-order valence-corrected chi connectivity index (χ0v) is 13.4. The second kappa shape index (κ2) is 5.98. The van der Waals surface area contributed by atoms with Gasteiger partial charge in [-0.15, -0.1) is 0 Å². The molecule has 1 aromatic carbocycles. The molecule has 2 N–H and O–H groups in total. The van der Waals surface area contributed by atoms with Crippen LogP contribution in [0.4, 0.5) is 5.69 Å². The van der Waals surface area contributed by atoms with Gasteiger partial charge >= 0.3 is 0 Å². The number of fused-ring (bicyclic) bond motifs is 1. The lowest BCUT2D eigenvalue weighted by atomic mass is 10.1. The van der Waals surface area contributed by atoms with Crippen LogP contribution in [0.2, 0.25) is 0 Å². The van der Waals surface area contributed by atoms with Crippen LogP contribution in [0.3, 0.4) is 0 Å². The number of anilines is 1. The van der Waals surface area contributed by atoms with Crippen LogP contribution < -0.4 is 14.9 Å². The Kier molecular flexibility index (Phi) is 4.20. The van der Waals surface area contributed by atoms with Crippen LogP contribution in [0, 0.1) is 0 Å². The van der Waals surface area contributed by atoms with E-state index in [-0.39, 0.29) is 16.8 Å². The summed E-state index contributed by atoms with van der Waals surface area (Å²) in [5.41, 5.74) is 1.74. The molecular formula is C15H21N3O3S. The second-order valence-corrected chi connectivity index (χ2v) is 7.59. The van der Waals surface area contributed by atoms with Gasteiger partial charge in [0.1, 0.15) is 0 Å². The first kappa shape index (κ1) is 15.5. The maximum atomic E-state index is 12.5. The Hall–Kier alpha value is -1.44.